The fourth-order valence-corrected chi connectivity index (χ4v) is 4.04. The van der Waals surface area contributed by atoms with Gasteiger partial charge >= 0.3 is 0 Å². The first kappa shape index (κ1) is 23.6. The van der Waals surface area contributed by atoms with Crippen LogP contribution in [0.15, 0.2) is 59.1 Å². The maximum absolute atomic E-state index is 12.4. The number of carbonyl (C=O) groups is 2. The Morgan fingerprint density at radius 2 is 1.76 bits per heavy atom. The Hall–Kier alpha value is -3.52. The second-order valence-electron chi connectivity index (χ2n) is 8.59. The summed E-state index contributed by atoms with van der Waals surface area (Å²) in [5.74, 6) is 0.965. The van der Waals surface area contributed by atoms with Crippen LogP contribution in [0.3, 0.4) is 0 Å². The fraction of sp³-hybridized carbons (Fsp3) is 0.385. The van der Waals surface area contributed by atoms with Gasteiger partial charge in [-0.1, -0.05) is 54.5 Å². The highest BCUT2D eigenvalue weighted by atomic mass is 16.5. The SMILES string of the molecule is CCc1ccc(-c2noc(CCC(=O)NC3CCN(CC(=O)Nc4ccccc4)CC3)n2)cc1. The highest BCUT2D eigenvalue weighted by Crippen LogP contribution is 2.17. The Morgan fingerprint density at radius 3 is 2.47 bits per heavy atom. The van der Waals surface area contributed by atoms with Crippen molar-refractivity contribution in [1.82, 2.24) is 20.4 Å². The van der Waals surface area contributed by atoms with Gasteiger partial charge in [0.05, 0.1) is 6.54 Å². The molecule has 4 rings (SSSR count). The molecule has 0 radical (unpaired) electrons. The third-order valence-electron chi connectivity index (χ3n) is 6.03. The van der Waals surface area contributed by atoms with Crippen LogP contribution in [0.5, 0.6) is 0 Å². The molecule has 178 valence electrons. The molecule has 2 heterocycles. The van der Waals surface area contributed by atoms with Gasteiger partial charge in [-0.05, 0) is 37.0 Å². The first-order chi connectivity index (χ1) is 16.6. The minimum absolute atomic E-state index is 0.0195. The number of rotatable bonds is 9. The number of anilines is 1. The minimum atomic E-state index is -0.0210. The first-order valence-electron chi connectivity index (χ1n) is 11.9. The Bertz CT molecular complexity index is 1070. The lowest BCUT2D eigenvalue weighted by Gasteiger charge is -2.31. The molecule has 3 aromatic rings. The molecule has 2 aromatic carbocycles. The van der Waals surface area contributed by atoms with Crippen molar-refractivity contribution < 1.29 is 14.1 Å². The molecule has 1 fully saturated rings. The molecule has 0 atom stereocenters. The molecule has 1 aliphatic rings. The summed E-state index contributed by atoms with van der Waals surface area (Å²) in [6.07, 6.45) is 3.33. The molecule has 34 heavy (non-hydrogen) atoms. The van der Waals surface area contributed by atoms with E-state index in [1.54, 1.807) is 0 Å². The number of amides is 2. The number of nitrogens with zero attached hydrogens (tertiary/aromatic N) is 3. The van der Waals surface area contributed by atoms with E-state index in [2.05, 4.69) is 44.7 Å². The fourth-order valence-electron chi connectivity index (χ4n) is 4.04. The smallest absolute Gasteiger partial charge is 0.238 e. The number of para-hydroxylation sites is 1. The lowest BCUT2D eigenvalue weighted by Crippen LogP contribution is -2.46. The van der Waals surface area contributed by atoms with Crippen molar-refractivity contribution >= 4 is 17.5 Å². The highest BCUT2D eigenvalue weighted by Gasteiger charge is 2.22. The molecule has 1 aliphatic heterocycles. The van der Waals surface area contributed by atoms with Crippen LogP contribution < -0.4 is 10.6 Å². The Morgan fingerprint density at radius 1 is 1.03 bits per heavy atom. The lowest BCUT2D eigenvalue weighted by atomic mass is 10.0. The van der Waals surface area contributed by atoms with E-state index in [1.807, 2.05) is 42.5 Å². The van der Waals surface area contributed by atoms with E-state index in [1.165, 1.54) is 5.56 Å². The lowest BCUT2D eigenvalue weighted by molar-refractivity contribution is -0.122. The minimum Gasteiger partial charge on any atom is -0.353 e. The van der Waals surface area contributed by atoms with E-state index in [0.717, 1.165) is 43.6 Å². The van der Waals surface area contributed by atoms with Crippen LogP contribution in [0.4, 0.5) is 5.69 Å². The number of likely N-dealkylation sites (tertiary alicyclic amines) is 1. The third kappa shape index (κ3) is 6.74. The number of hydrogen-bond acceptors (Lipinski definition) is 6. The number of benzene rings is 2. The van der Waals surface area contributed by atoms with Crippen molar-refractivity contribution in [2.24, 2.45) is 0 Å². The maximum Gasteiger partial charge on any atom is 0.238 e. The summed E-state index contributed by atoms with van der Waals surface area (Å²) in [5.41, 5.74) is 2.96. The van der Waals surface area contributed by atoms with E-state index in [4.69, 9.17) is 4.52 Å². The highest BCUT2D eigenvalue weighted by molar-refractivity contribution is 5.92. The van der Waals surface area contributed by atoms with Crippen molar-refractivity contribution in [1.29, 1.82) is 0 Å². The number of nitrogens with one attached hydrogen (secondary N) is 2. The number of aromatic nitrogens is 2. The Labute approximate surface area is 199 Å². The van der Waals surface area contributed by atoms with Crippen molar-refractivity contribution in [3.8, 4) is 11.4 Å². The summed E-state index contributed by atoms with van der Waals surface area (Å²) < 4.78 is 5.32. The molecular weight excluding hydrogens is 430 g/mol. The predicted molar refractivity (Wildman–Crippen MR) is 130 cm³/mol. The number of hydrogen-bond donors (Lipinski definition) is 2. The zero-order chi connectivity index (χ0) is 23.8. The predicted octanol–water partition coefficient (Wildman–Crippen LogP) is 3.45. The van der Waals surface area contributed by atoms with Crippen LogP contribution in [0.2, 0.25) is 0 Å². The summed E-state index contributed by atoms with van der Waals surface area (Å²) in [7, 11) is 0. The van der Waals surface area contributed by atoms with Gasteiger partial charge in [0.2, 0.25) is 23.5 Å². The topological polar surface area (TPSA) is 100 Å². The van der Waals surface area contributed by atoms with Crippen LogP contribution >= 0.6 is 0 Å². The monoisotopic (exact) mass is 461 g/mol. The first-order valence-corrected chi connectivity index (χ1v) is 11.9. The van der Waals surface area contributed by atoms with Crippen LogP contribution in [-0.2, 0) is 22.4 Å². The third-order valence-corrected chi connectivity index (χ3v) is 6.03. The Balaban J connectivity index is 1.15. The second kappa shape index (κ2) is 11.6. The van der Waals surface area contributed by atoms with Crippen molar-refractivity contribution in [2.45, 2.75) is 45.1 Å². The summed E-state index contributed by atoms with van der Waals surface area (Å²) in [5, 5.41) is 10.0. The van der Waals surface area contributed by atoms with Gasteiger partial charge in [-0.3, -0.25) is 14.5 Å². The molecule has 0 bridgehead atoms. The van der Waals surface area contributed by atoms with Gasteiger partial charge in [-0.2, -0.15) is 4.98 Å². The van der Waals surface area contributed by atoms with E-state index >= 15 is 0 Å². The van der Waals surface area contributed by atoms with E-state index in [-0.39, 0.29) is 17.9 Å². The summed E-state index contributed by atoms with van der Waals surface area (Å²) in [6.45, 7) is 4.02. The van der Waals surface area contributed by atoms with E-state index in [0.29, 0.717) is 31.1 Å². The van der Waals surface area contributed by atoms with E-state index in [9.17, 15) is 9.59 Å². The van der Waals surface area contributed by atoms with Crippen LogP contribution in [0, 0.1) is 0 Å². The summed E-state index contributed by atoms with van der Waals surface area (Å²) in [6, 6.07) is 17.7. The average Bonchev–Trinajstić information content (AvgIpc) is 3.34. The number of aryl methyl sites for hydroxylation is 2. The average molecular weight is 462 g/mol. The van der Waals surface area contributed by atoms with Crippen molar-refractivity contribution in [3.63, 3.8) is 0 Å². The normalized spacial score (nSPS) is 14.6. The molecule has 0 aliphatic carbocycles. The van der Waals surface area contributed by atoms with Crippen molar-refractivity contribution in [3.05, 3.63) is 66.1 Å². The Kier molecular flexibility index (Phi) is 8.04. The second-order valence-corrected chi connectivity index (χ2v) is 8.59. The zero-order valence-corrected chi connectivity index (χ0v) is 19.5. The van der Waals surface area contributed by atoms with Gasteiger partial charge in [0.15, 0.2) is 0 Å². The van der Waals surface area contributed by atoms with Gasteiger partial charge in [0.1, 0.15) is 0 Å². The maximum atomic E-state index is 12.4. The van der Waals surface area contributed by atoms with Crippen molar-refractivity contribution in [2.75, 3.05) is 25.0 Å². The van der Waals surface area contributed by atoms with Gasteiger partial charge in [0.25, 0.3) is 0 Å². The molecule has 2 N–H and O–H groups in total. The van der Waals surface area contributed by atoms with Crippen LogP contribution in [0.25, 0.3) is 11.4 Å². The molecular formula is C26H31N5O3. The molecule has 8 nitrogen and oxygen atoms in total. The molecule has 1 saturated heterocycles. The molecule has 2 amide bonds. The van der Waals surface area contributed by atoms with Crippen LogP contribution in [-0.4, -0.2) is 52.5 Å². The molecule has 0 spiro atoms. The van der Waals surface area contributed by atoms with Gasteiger partial charge < -0.3 is 15.2 Å². The quantitative estimate of drug-likeness (QED) is 0.506. The molecule has 0 saturated carbocycles. The van der Waals surface area contributed by atoms with Gasteiger partial charge in [0, 0.05) is 43.2 Å². The molecule has 8 heteroatoms. The molecule has 1 aromatic heterocycles. The number of piperidine rings is 1. The standard InChI is InChI=1S/C26H31N5O3/c1-2-19-8-10-20(11-9-19)26-29-25(34-30-26)13-12-23(32)27-22-14-16-31(17-15-22)18-24(33)28-21-6-4-3-5-7-21/h3-11,22H,2,12-18H2,1H3,(H,27,32)(H,28,33). The summed E-state index contributed by atoms with van der Waals surface area (Å²) >= 11 is 0. The molecule has 0 unspecified atom stereocenters. The van der Waals surface area contributed by atoms with Gasteiger partial charge in [-0.15, -0.1) is 0 Å². The zero-order valence-electron chi connectivity index (χ0n) is 19.5. The van der Waals surface area contributed by atoms with E-state index < -0.39 is 0 Å². The number of carbonyl (C=O) groups excluding carboxylic acids is 2. The summed E-state index contributed by atoms with van der Waals surface area (Å²) in [4.78, 5) is 31.2. The van der Waals surface area contributed by atoms with Gasteiger partial charge in [-0.25, -0.2) is 0 Å². The van der Waals surface area contributed by atoms with Crippen LogP contribution in [0.1, 0.15) is 37.6 Å². The largest absolute Gasteiger partial charge is 0.353 e.